The Morgan fingerprint density at radius 2 is 2.08 bits per heavy atom. The molecular formula is C9H18BrNO. The van der Waals surface area contributed by atoms with Crippen molar-refractivity contribution in [3.05, 3.63) is 0 Å². The van der Waals surface area contributed by atoms with Crippen molar-refractivity contribution in [1.82, 2.24) is 5.32 Å². The van der Waals surface area contributed by atoms with Crippen molar-refractivity contribution in [2.75, 3.05) is 11.9 Å². The van der Waals surface area contributed by atoms with Crippen molar-refractivity contribution in [3.63, 3.8) is 0 Å². The molecule has 0 aliphatic rings. The Labute approximate surface area is 83.2 Å². The number of hydrogen-bond acceptors (Lipinski definition) is 1. The minimum Gasteiger partial charge on any atom is -0.356 e. The number of unbranched alkanes of at least 4 members (excludes halogenated alkanes) is 1. The van der Waals surface area contributed by atoms with E-state index in [4.69, 9.17) is 0 Å². The summed E-state index contributed by atoms with van der Waals surface area (Å²) in [4.78, 5) is 11.1. The Hall–Kier alpha value is -0.0500. The van der Waals surface area contributed by atoms with E-state index in [0.717, 1.165) is 24.7 Å². The fraction of sp³-hybridized carbons (Fsp3) is 0.889. The van der Waals surface area contributed by atoms with Crippen molar-refractivity contribution in [1.29, 1.82) is 0 Å². The topological polar surface area (TPSA) is 29.1 Å². The van der Waals surface area contributed by atoms with Gasteiger partial charge in [-0.15, -0.1) is 0 Å². The summed E-state index contributed by atoms with van der Waals surface area (Å²) in [5.41, 5.74) is 0. The van der Waals surface area contributed by atoms with Crippen LogP contribution < -0.4 is 5.32 Å². The van der Waals surface area contributed by atoms with Crippen LogP contribution in [0.4, 0.5) is 0 Å². The molecule has 72 valence electrons. The number of rotatable bonds is 6. The zero-order valence-electron chi connectivity index (χ0n) is 7.90. The lowest BCUT2D eigenvalue weighted by Crippen LogP contribution is -2.25. The maximum absolute atomic E-state index is 11.1. The predicted molar refractivity (Wildman–Crippen MR) is 55.5 cm³/mol. The van der Waals surface area contributed by atoms with Gasteiger partial charge in [-0.1, -0.05) is 29.8 Å². The van der Waals surface area contributed by atoms with E-state index in [9.17, 15) is 4.79 Å². The molecule has 2 nitrogen and oxygen atoms in total. The minimum atomic E-state index is 0.180. The summed E-state index contributed by atoms with van der Waals surface area (Å²) >= 11 is 3.34. The molecule has 0 aliphatic carbocycles. The normalized spacial score (nSPS) is 10.3. The molecule has 0 aromatic heterocycles. The van der Waals surface area contributed by atoms with Crippen molar-refractivity contribution in [3.8, 4) is 0 Å². The van der Waals surface area contributed by atoms with Gasteiger partial charge in [0, 0.05) is 18.3 Å². The molecule has 0 saturated carbocycles. The van der Waals surface area contributed by atoms with Crippen molar-refractivity contribution < 1.29 is 4.79 Å². The zero-order valence-corrected chi connectivity index (χ0v) is 9.49. The largest absolute Gasteiger partial charge is 0.356 e. The first-order chi connectivity index (χ1) is 5.66. The molecular weight excluding hydrogens is 218 g/mol. The van der Waals surface area contributed by atoms with Crippen LogP contribution in [0.15, 0.2) is 0 Å². The van der Waals surface area contributed by atoms with E-state index in [-0.39, 0.29) is 5.91 Å². The minimum absolute atomic E-state index is 0.180. The number of alkyl halides is 1. The van der Waals surface area contributed by atoms with E-state index in [2.05, 4.69) is 35.1 Å². The van der Waals surface area contributed by atoms with E-state index in [0.29, 0.717) is 12.3 Å². The number of nitrogens with one attached hydrogen (secondary N) is 1. The Morgan fingerprint density at radius 1 is 1.42 bits per heavy atom. The quantitative estimate of drug-likeness (QED) is 0.556. The third-order valence-corrected chi connectivity index (χ3v) is 2.04. The summed E-state index contributed by atoms with van der Waals surface area (Å²) in [5, 5.41) is 3.91. The number of amides is 1. The van der Waals surface area contributed by atoms with Gasteiger partial charge in [0.15, 0.2) is 0 Å². The predicted octanol–water partition coefficient (Wildman–Crippen LogP) is 2.32. The molecule has 0 aromatic rings. The number of hydrogen-bond donors (Lipinski definition) is 1. The lowest BCUT2D eigenvalue weighted by Gasteiger charge is -2.05. The highest BCUT2D eigenvalue weighted by molar-refractivity contribution is 9.09. The first-order valence-corrected chi connectivity index (χ1v) is 5.61. The van der Waals surface area contributed by atoms with Crippen LogP contribution in [-0.4, -0.2) is 17.8 Å². The van der Waals surface area contributed by atoms with Gasteiger partial charge in [0.1, 0.15) is 0 Å². The summed E-state index contributed by atoms with van der Waals surface area (Å²) in [5.74, 6) is 0.640. The Kier molecular flexibility index (Phi) is 7.56. The van der Waals surface area contributed by atoms with Crippen molar-refractivity contribution in [2.45, 2.75) is 33.1 Å². The molecule has 0 heterocycles. The fourth-order valence-electron chi connectivity index (χ4n) is 0.890. The molecule has 0 atom stereocenters. The highest BCUT2D eigenvalue weighted by Crippen LogP contribution is 1.98. The third kappa shape index (κ3) is 8.05. The summed E-state index contributed by atoms with van der Waals surface area (Å²) in [6, 6.07) is 0. The molecule has 0 fully saturated rings. The maximum atomic E-state index is 11.1. The first-order valence-electron chi connectivity index (χ1n) is 4.49. The van der Waals surface area contributed by atoms with Crippen LogP contribution in [0.2, 0.25) is 0 Å². The molecule has 0 saturated heterocycles. The third-order valence-electron chi connectivity index (χ3n) is 1.48. The first kappa shape index (κ1) is 11.9. The van der Waals surface area contributed by atoms with Crippen molar-refractivity contribution >= 4 is 21.8 Å². The van der Waals surface area contributed by atoms with Crippen LogP contribution in [0, 0.1) is 5.92 Å². The second-order valence-electron chi connectivity index (χ2n) is 3.34. The maximum Gasteiger partial charge on any atom is 0.220 e. The van der Waals surface area contributed by atoms with Crippen LogP contribution >= 0.6 is 15.9 Å². The molecule has 1 amide bonds. The molecule has 0 radical (unpaired) electrons. The summed E-state index contributed by atoms with van der Waals surface area (Å²) < 4.78 is 0. The Morgan fingerprint density at radius 3 is 2.58 bits per heavy atom. The molecule has 0 spiro atoms. The molecule has 0 unspecified atom stereocenters. The highest BCUT2D eigenvalue weighted by Gasteiger charge is 2.02. The Bertz CT molecular complexity index is 126. The van der Waals surface area contributed by atoms with E-state index in [1.54, 1.807) is 0 Å². The van der Waals surface area contributed by atoms with Gasteiger partial charge in [-0.2, -0.15) is 0 Å². The Balaban J connectivity index is 3.20. The number of halogens is 1. The van der Waals surface area contributed by atoms with Crippen LogP contribution in [-0.2, 0) is 4.79 Å². The monoisotopic (exact) mass is 235 g/mol. The average Bonchev–Trinajstić information content (AvgIpc) is 1.97. The molecule has 0 rings (SSSR count). The SMILES string of the molecule is CC(C)CC(=O)NCCCCBr. The summed E-state index contributed by atoms with van der Waals surface area (Å²) in [6.07, 6.45) is 2.84. The van der Waals surface area contributed by atoms with E-state index in [1.807, 2.05) is 0 Å². The van der Waals surface area contributed by atoms with Crippen molar-refractivity contribution in [2.24, 2.45) is 5.92 Å². The standard InChI is InChI=1S/C9H18BrNO/c1-8(2)7-9(12)11-6-4-3-5-10/h8H,3-7H2,1-2H3,(H,11,12). The van der Waals surface area contributed by atoms with Crippen LogP contribution in [0.3, 0.4) is 0 Å². The molecule has 1 N–H and O–H groups in total. The lowest BCUT2D eigenvalue weighted by molar-refractivity contribution is -0.121. The lowest BCUT2D eigenvalue weighted by atomic mass is 10.1. The second-order valence-corrected chi connectivity index (χ2v) is 4.14. The molecule has 3 heteroatoms. The number of carbonyl (C=O) groups excluding carboxylic acids is 1. The van der Waals surface area contributed by atoms with Crippen LogP contribution in [0.25, 0.3) is 0 Å². The van der Waals surface area contributed by atoms with Gasteiger partial charge >= 0.3 is 0 Å². The van der Waals surface area contributed by atoms with Gasteiger partial charge < -0.3 is 5.32 Å². The fourth-order valence-corrected chi connectivity index (χ4v) is 1.29. The average molecular weight is 236 g/mol. The van der Waals surface area contributed by atoms with Gasteiger partial charge in [0.05, 0.1) is 0 Å². The van der Waals surface area contributed by atoms with E-state index in [1.165, 1.54) is 0 Å². The van der Waals surface area contributed by atoms with Crippen LogP contribution in [0.5, 0.6) is 0 Å². The second kappa shape index (κ2) is 7.59. The summed E-state index contributed by atoms with van der Waals surface area (Å²) in [7, 11) is 0. The van der Waals surface area contributed by atoms with Gasteiger partial charge in [0.25, 0.3) is 0 Å². The highest BCUT2D eigenvalue weighted by atomic mass is 79.9. The molecule has 12 heavy (non-hydrogen) atoms. The van der Waals surface area contributed by atoms with E-state index < -0.39 is 0 Å². The smallest absolute Gasteiger partial charge is 0.220 e. The van der Waals surface area contributed by atoms with Gasteiger partial charge in [-0.3, -0.25) is 4.79 Å². The van der Waals surface area contributed by atoms with Gasteiger partial charge in [-0.25, -0.2) is 0 Å². The van der Waals surface area contributed by atoms with Crippen LogP contribution in [0.1, 0.15) is 33.1 Å². The number of carbonyl (C=O) groups is 1. The summed E-state index contributed by atoms with van der Waals surface area (Å²) in [6.45, 7) is 4.92. The molecule has 0 aromatic carbocycles. The van der Waals surface area contributed by atoms with Gasteiger partial charge in [0.2, 0.25) is 5.91 Å². The van der Waals surface area contributed by atoms with Gasteiger partial charge in [-0.05, 0) is 18.8 Å². The molecule has 0 aliphatic heterocycles. The van der Waals surface area contributed by atoms with E-state index >= 15 is 0 Å². The molecule has 0 bridgehead atoms. The zero-order chi connectivity index (χ0) is 9.40.